The van der Waals surface area contributed by atoms with Gasteiger partial charge in [0, 0.05) is 39.0 Å². The number of sulfone groups is 1. The Hall–Kier alpha value is -1.48. The summed E-state index contributed by atoms with van der Waals surface area (Å²) in [6, 6.07) is 6.87. The molecule has 2 aliphatic rings. The zero-order valence-corrected chi connectivity index (χ0v) is 15.9. The Kier molecular flexibility index (Phi) is 5.67. The molecule has 26 heavy (non-hydrogen) atoms. The zero-order chi connectivity index (χ0) is 18.8. The number of nitrogens with zero attached hydrogens (tertiary/aromatic N) is 2. The Labute approximate surface area is 154 Å². The average molecular weight is 382 g/mol. The second-order valence-electron chi connectivity index (χ2n) is 7.13. The molecule has 144 valence electrons. The summed E-state index contributed by atoms with van der Waals surface area (Å²) in [5.41, 5.74) is -0.268. The van der Waals surface area contributed by atoms with Crippen molar-refractivity contribution in [1.29, 1.82) is 0 Å². The summed E-state index contributed by atoms with van der Waals surface area (Å²) in [4.78, 5) is 16.8. The molecule has 2 saturated heterocycles. The first kappa shape index (κ1) is 19.3. The topological polar surface area (TPSA) is 87.2 Å². The molecule has 1 aromatic carbocycles. The third-order valence-electron chi connectivity index (χ3n) is 5.14. The highest BCUT2D eigenvalue weighted by atomic mass is 32.2. The number of carbonyl (C=O) groups is 1. The van der Waals surface area contributed by atoms with E-state index in [1.165, 1.54) is 6.26 Å². The predicted molar refractivity (Wildman–Crippen MR) is 96.4 cm³/mol. The first-order chi connectivity index (χ1) is 12.3. The van der Waals surface area contributed by atoms with Crippen LogP contribution in [0.1, 0.15) is 18.4 Å². The van der Waals surface area contributed by atoms with Crippen LogP contribution < -0.4 is 0 Å². The number of ether oxygens (including phenoxy) is 1. The highest BCUT2D eigenvalue weighted by Gasteiger charge is 2.42. The van der Waals surface area contributed by atoms with Crippen LogP contribution in [0.3, 0.4) is 0 Å². The predicted octanol–water partition coefficient (Wildman–Crippen LogP) is 0.276. The summed E-state index contributed by atoms with van der Waals surface area (Å²) in [5, 5.41) is 10.8. The summed E-state index contributed by atoms with van der Waals surface area (Å²) >= 11 is 0. The van der Waals surface area contributed by atoms with Crippen molar-refractivity contribution in [2.24, 2.45) is 0 Å². The molecule has 7 nitrogen and oxygen atoms in total. The molecular formula is C18H26N2O5S. The van der Waals surface area contributed by atoms with Crippen molar-refractivity contribution in [2.75, 3.05) is 45.6 Å². The Morgan fingerprint density at radius 1 is 1.12 bits per heavy atom. The van der Waals surface area contributed by atoms with E-state index in [1.807, 2.05) is 12.1 Å². The largest absolute Gasteiger partial charge is 0.380 e. The van der Waals surface area contributed by atoms with E-state index in [-0.39, 0.29) is 5.91 Å². The van der Waals surface area contributed by atoms with Gasteiger partial charge >= 0.3 is 0 Å². The molecule has 0 bridgehead atoms. The average Bonchev–Trinajstić information content (AvgIpc) is 2.63. The maximum absolute atomic E-state index is 12.6. The number of rotatable bonds is 4. The number of piperidine rings is 1. The molecular weight excluding hydrogens is 356 g/mol. The normalized spacial score (nSPS) is 21.5. The quantitative estimate of drug-likeness (QED) is 0.805. The summed E-state index contributed by atoms with van der Waals surface area (Å²) < 4.78 is 28.3. The molecule has 2 aliphatic heterocycles. The minimum Gasteiger partial charge on any atom is -0.380 e. The molecule has 1 amide bonds. The molecule has 3 rings (SSSR count). The van der Waals surface area contributed by atoms with Gasteiger partial charge in [0.1, 0.15) is 5.60 Å². The van der Waals surface area contributed by atoms with Crippen LogP contribution in [0.4, 0.5) is 0 Å². The second kappa shape index (κ2) is 7.64. The van der Waals surface area contributed by atoms with E-state index in [2.05, 4.69) is 4.90 Å². The molecule has 0 radical (unpaired) electrons. The number of likely N-dealkylation sites (tertiary alicyclic amines) is 1. The Balaban J connectivity index is 1.55. The Morgan fingerprint density at radius 3 is 2.23 bits per heavy atom. The van der Waals surface area contributed by atoms with Gasteiger partial charge in [-0.1, -0.05) is 12.1 Å². The van der Waals surface area contributed by atoms with Gasteiger partial charge in [-0.25, -0.2) is 8.42 Å². The van der Waals surface area contributed by atoms with Crippen molar-refractivity contribution in [2.45, 2.75) is 29.9 Å². The zero-order valence-electron chi connectivity index (χ0n) is 15.1. The fourth-order valence-electron chi connectivity index (χ4n) is 3.46. The Bertz CT molecular complexity index is 733. The molecule has 0 spiro atoms. The molecule has 0 aromatic heterocycles. The molecule has 2 heterocycles. The molecule has 1 aromatic rings. The number of amides is 1. The fraction of sp³-hybridized carbons (Fsp3) is 0.611. The van der Waals surface area contributed by atoms with E-state index in [1.54, 1.807) is 17.0 Å². The lowest BCUT2D eigenvalue weighted by atomic mass is 9.89. The van der Waals surface area contributed by atoms with Crippen molar-refractivity contribution in [3.05, 3.63) is 29.8 Å². The lowest BCUT2D eigenvalue weighted by Gasteiger charge is -2.40. The molecule has 0 aliphatic carbocycles. The van der Waals surface area contributed by atoms with E-state index in [9.17, 15) is 18.3 Å². The molecule has 0 saturated carbocycles. The molecule has 0 unspecified atom stereocenters. The minimum atomic E-state index is -3.19. The summed E-state index contributed by atoms with van der Waals surface area (Å²) in [7, 11) is -3.19. The van der Waals surface area contributed by atoms with Crippen molar-refractivity contribution in [3.63, 3.8) is 0 Å². The van der Waals surface area contributed by atoms with E-state index >= 15 is 0 Å². The smallest absolute Gasteiger partial charge is 0.254 e. The maximum atomic E-state index is 12.6. The van der Waals surface area contributed by atoms with E-state index in [4.69, 9.17) is 4.74 Å². The van der Waals surface area contributed by atoms with Gasteiger partial charge in [0.2, 0.25) is 0 Å². The highest BCUT2D eigenvalue weighted by molar-refractivity contribution is 7.90. The third kappa shape index (κ3) is 4.43. The van der Waals surface area contributed by atoms with Crippen molar-refractivity contribution in [3.8, 4) is 0 Å². The monoisotopic (exact) mass is 382 g/mol. The van der Waals surface area contributed by atoms with E-state index in [0.29, 0.717) is 63.7 Å². The van der Waals surface area contributed by atoms with Gasteiger partial charge in [-0.15, -0.1) is 0 Å². The number of aliphatic hydroxyl groups is 1. The minimum absolute atomic E-state index is 0.182. The molecule has 8 heteroatoms. The van der Waals surface area contributed by atoms with Gasteiger partial charge in [-0.3, -0.25) is 9.69 Å². The number of hydrogen-bond acceptors (Lipinski definition) is 6. The van der Waals surface area contributed by atoms with Gasteiger partial charge in [0.15, 0.2) is 9.84 Å². The Morgan fingerprint density at radius 2 is 1.69 bits per heavy atom. The maximum Gasteiger partial charge on any atom is 0.254 e. The van der Waals surface area contributed by atoms with Gasteiger partial charge in [0.25, 0.3) is 5.91 Å². The lowest BCUT2D eigenvalue weighted by molar-refractivity contribution is -0.160. The van der Waals surface area contributed by atoms with Crippen LogP contribution in [0.2, 0.25) is 0 Å². The third-order valence-corrected chi connectivity index (χ3v) is 6.27. The fourth-order valence-corrected chi connectivity index (χ4v) is 4.09. The molecule has 0 atom stereocenters. The number of hydrogen-bond donors (Lipinski definition) is 1. The molecule has 2 fully saturated rings. The van der Waals surface area contributed by atoms with Crippen molar-refractivity contribution in [1.82, 2.24) is 9.80 Å². The van der Waals surface area contributed by atoms with Gasteiger partial charge in [-0.05, 0) is 30.5 Å². The van der Waals surface area contributed by atoms with Crippen LogP contribution in [0.5, 0.6) is 0 Å². The number of morpholine rings is 1. The van der Waals surface area contributed by atoms with Crippen molar-refractivity contribution >= 4 is 15.7 Å². The second-order valence-corrected chi connectivity index (χ2v) is 9.14. The summed E-state index contributed by atoms with van der Waals surface area (Å²) in [6.45, 7) is 4.05. The SMILES string of the molecule is CS(=O)(=O)c1ccc(CN2CCC(O)(C(=O)N3CCOCC3)CC2)cc1. The van der Waals surface area contributed by atoms with Crippen LogP contribution in [0, 0.1) is 0 Å². The van der Waals surface area contributed by atoms with Crippen LogP contribution in [0.15, 0.2) is 29.2 Å². The van der Waals surface area contributed by atoms with Crippen LogP contribution >= 0.6 is 0 Å². The van der Waals surface area contributed by atoms with Gasteiger partial charge in [-0.2, -0.15) is 0 Å². The van der Waals surface area contributed by atoms with E-state index in [0.717, 1.165) is 5.56 Å². The first-order valence-electron chi connectivity index (χ1n) is 8.89. The van der Waals surface area contributed by atoms with Gasteiger partial charge < -0.3 is 14.7 Å². The van der Waals surface area contributed by atoms with Crippen molar-refractivity contribution < 1.29 is 23.1 Å². The first-order valence-corrected chi connectivity index (χ1v) is 10.8. The van der Waals surface area contributed by atoms with Gasteiger partial charge in [0.05, 0.1) is 18.1 Å². The van der Waals surface area contributed by atoms with Crippen LogP contribution in [0.25, 0.3) is 0 Å². The lowest BCUT2D eigenvalue weighted by Crippen LogP contribution is -2.56. The number of carbonyl (C=O) groups excluding carboxylic acids is 1. The van der Waals surface area contributed by atoms with E-state index < -0.39 is 15.4 Å². The summed E-state index contributed by atoms with van der Waals surface area (Å²) in [5.74, 6) is -0.182. The highest BCUT2D eigenvalue weighted by Crippen LogP contribution is 2.26. The summed E-state index contributed by atoms with van der Waals surface area (Å²) in [6.07, 6.45) is 2.01. The van der Waals surface area contributed by atoms with Crippen LogP contribution in [-0.4, -0.2) is 80.5 Å². The standard InChI is InChI=1S/C18H26N2O5S/c1-26(23,24)16-4-2-15(3-5-16)14-19-8-6-18(22,7-9-19)17(21)20-10-12-25-13-11-20/h2-5,22H,6-14H2,1H3. The molecule has 1 N–H and O–H groups in total. The number of benzene rings is 1. The van der Waals surface area contributed by atoms with Crippen LogP contribution in [-0.2, 0) is 25.9 Å².